The molecule has 1 aliphatic heterocycles. The molecule has 4 saturated carbocycles. The van der Waals surface area contributed by atoms with Crippen LogP contribution in [0.3, 0.4) is 0 Å². The molecule has 98 heavy (non-hydrogen) atoms. The van der Waals surface area contributed by atoms with Crippen LogP contribution in [0.5, 0.6) is 5.75 Å². The zero-order chi connectivity index (χ0) is 69.4. The first kappa shape index (κ1) is 70.3. The number of amides is 6. The Balaban J connectivity index is 0.642. The lowest BCUT2D eigenvalue weighted by atomic mass is 9.39. The first-order valence-electron chi connectivity index (χ1n) is 32.8. The molecule has 0 spiro atoms. The molecule has 27 heteroatoms. The van der Waals surface area contributed by atoms with Crippen molar-refractivity contribution in [2.75, 3.05) is 77.4 Å². The number of nitrogens with one attached hydrogen (secondary N) is 3. The fraction of sp³-hybridized carbons (Fsp3) is 0.437. The van der Waals surface area contributed by atoms with Gasteiger partial charge in [-0.15, -0.1) is 0 Å². The number of hydrogen-bond acceptors (Lipinski definition) is 18. The number of carboxylic acids is 1. The van der Waals surface area contributed by atoms with Gasteiger partial charge in [-0.2, -0.15) is 13.5 Å². The van der Waals surface area contributed by atoms with Crippen LogP contribution in [0.15, 0.2) is 115 Å². The summed E-state index contributed by atoms with van der Waals surface area (Å²) in [6.07, 6.45) is 10.5. The molecule has 4 aliphatic carbocycles. The van der Waals surface area contributed by atoms with Crippen LogP contribution in [0.25, 0.3) is 43.4 Å². The number of ether oxygens (including phenoxy) is 5. The normalized spacial score (nSPS) is 20.4. The maximum atomic E-state index is 13.8. The molecule has 25 nitrogen and oxygen atoms in total. The molecular weight excluding hydrogens is 1300 g/mol. The first-order chi connectivity index (χ1) is 46.9. The number of imide groups is 1. The minimum Gasteiger partial charge on any atom is -0.491 e. The van der Waals surface area contributed by atoms with Crippen molar-refractivity contribution in [2.45, 2.75) is 110 Å². The molecular formula is C71H81N9O16S2. The number of aromatic carboxylic acids is 1. The number of benzene rings is 4. The Hall–Kier alpha value is -8.99. The SMILES string of the molecule is COCCN(CCOC12CC3(C)CC(C)(CC(Cn4ncc(-c5ccc(-c6ccc7cccc(C(=O)Nc8nc9ccccc9s8)c7c6)nc5C(=O)O)c4C)(C3)C1)C2)C(=O)OCc1ccc(OCCOCCNC(=O)[C@H](CS(=O)(=O)O)NC(=O)CCCCCN2C(=O)C=CC2=O)cc1. The number of hydrogen-bond donors (Lipinski definition) is 5. The second-order valence-corrected chi connectivity index (χ2v) is 29.4. The van der Waals surface area contributed by atoms with Gasteiger partial charge in [-0.25, -0.2) is 19.6 Å². The third-order valence-electron chi connectivity index (χ3n) is 18.7. The molecule has 3 aromatic heterocycles. The summed E-state index contributed by atoms with van der Waals surface area (Å²) >= 11 is 1.40. The number of carboxylic acid groups (broad SMARTS) is 1. The Labute approximate surface area is 571 Å². The maximum Gasteiger partial charge on any atom is 0.410 e. The molecule has 0 radical (unpaired) electrons. The van der Waals surface area contributed by atoms with Gasteiger partial charge in [0.15, 0.2) is 10.8 Å². The zero-order valence-corrected chi connectivity index (χ0v) is 56.8. The summed E-state index contributed by atoms with van der Waals surface area (Å²) in [5.41, 5.74) is 4.29. The van der Waals surface area contributed by atoms with Gasteiger partial charge in [0.2, 0.25) is 11.8 Å². The highest BCUT2D eigenvalue weighted by molar-refractivity contribution is 7.85. The van der Waals surface area contributed by atoms with Crippen LogP contribution in [0.4, 0.5) is 9.93 Å². The molecule has 4 heterocycles. The monoisotopic (exact) mass is 1380 g/mol. The van der Waals surface area contributed by atoms with Crippen molar-refractivity contribution in [1.82, 2.24) is 40.2 Å². The number of rotatable bonds is 33. The quantitative estimate of drug-likeness (QED) is 0.0145. The number of unbranched alkanes of at least 4 members (excludes halogenated alkanes) is 2. The van der Waals surface area contributed by atoms with Gasteiger partial charge in [0.05, 0.1) is 54.1 Å². The number of methoxy groups -OCH3 is 1. The summed E-state index contributed by atoms with van der Waals surface area (Å²) in [6, 6.07) is 27.9. The fourth-order valence-corrected chi connectivity index (χ4v) is 17.1. The van der Waals surface area contributed by atoms with Crippen molar-refractivity contribution in [1.29, 1.82) is 0 Å². The number of pyridine rings is 1. The summed E-state index contributed by atoms with van der Waals surface area (Å²) < 4.78 is 65.4. The molecule has 4 aromatic carbocycles. The number of carbonyl (C=O) groups is 7. The van der Waals surface area contributed by atoms with Crippen LogP contribution in [0, 0.1) is 23.2 Å². The average Bonchev–Trinajstić information content (AvgIpc) is 0.763. The molecule has 5 N–H and O–H groups in total. The lowest BCUT2D eigenvalue weighted by Crippen LogP contribution is -2.64. The van der Waals surface area contributed by atoms with Crippen LogP contribution in [-0.4, -0.2) is 173 Å². The van der Waals surface area contributed by atoms with Crippen LogP contribution in [0.2, 0.25) is 0 Å². The van der Waals surface area contributed by atoms with Crippen molar-refractivity contribution in [2.24, 2.45) is 16.2 Å². The third kappa shape index (κ3) is 17.1. The van der Waals surface area contributed by atoms with Crippen LogP contribution < -0.4 is 20.7 Å². The van der Waals surface area contributed by atoms with Gasteiger partial charge in [-0.05, 0) is 139 Å². The summed E-state index contributed by atoms with van der Waals surface area (Å²) in [4.78, 5) is 101. The number of anilines is 1. The van der Waals surface area contributed by atoms with E-state index < -0.39 is 63.2 Å². The number of para-hydroxylation sites is 1. The molecule has 2 unspecified atom stereocenters. The number of nitrogens with zero attached hydrogens (tertiary/aromatic N) is 6. The molecule has 5 aliphatic rings. The van der Waals surface area contributed by atoms with Crippen molar-refractivity contribution >= 4 is 89.2 Å². The van der Waals surface area contributed by atoms with Crippen LogP contribution in [0.1, 0.15) is 110 Å². The smallest absolute Gasteiger partial charge is 0.410 e. The van der Waals surface area contributed by atoms with Gasteiger partial charge in [-0.1, -0.05) is 80.1 Å². The summed E-state index contributed by atoms with van der Waals surface area (Å²) in [6.45, 7) is 8.94. The maximum absolute atomic E-state index is 13.8. The third-order valence-corrected chi connectivity index (χ3v) is 20.4. The number of aromatic nitrogens is 4. The van der Waals surface area contributed by atoms with E-state index in [2.05, 4.69) is 34.8 Å². The minimum atomic E-state index is -4.64. The van der Waals surface area contributed by atoms with Gasteiger partial charge < -0.3 is 44.3 Å². The first-order valence-corrected chi connectivity index (χ1v) is 35.2. The predicted molar refractivity (Wildman–Crippen MR) is 365 cm³/mol. The highest BCUT2D eigenvalue weighted by Gasteiger charge is 2.66. The number of fused-ring (bicyclic) bond motifs is 2. The molecule has 7 aromatic rings. The van der Waals surface area contributed by atoms with Crippen LogP contribution >= 0.6 is 11.3 Å². The van der Waals surface area contributed by atoms with E-state index in [1.54, 1.807) is 54.6 Å². The van der Waals surface area contributed by atoms with Crippen molar-refractivity contribution in [3.05, 3.63) is 138 Å². The average molecular weight is 1380 g/mol. The van der Waals surface area contributed by atoms with E-state index in [0.29, 0.717) is 76.6 Å². The molecule has 6 amide bonds. The minimum absolute atomic E-state index is 0.00206. The van der Waals surface area contributed by atoms with Gasteiger partial charge in [-0.3, -0.25) is 43.4 Å². The standard InChI is InChI=1S/C71H81N9O16S2/c1-46-54(51-22-23-55(75-62(51)65(86)87)49-19-18-48-11-10-12-52(53(48)35-49)63(84)77-66-76-56-13-7-8-14-58(56)97-66)36-73-80(46)45-70-40-68(2)39-69(3,41-70)43-71(42-68,44-70)96-32-29-78(28-31-92-4)67(88)95-37-47-16-20-50(21-17-47)94-34-33-93-30-26-72-64(85)57(38-98(89,90)91)74-59(81)15-6-5-9-27-79-60(82)24-25-61(79)83/h7-8,10-14,16-25,35-36,57H,5-6,9,15,26-34,37-45H2,1-4H3,(H,72,85)(H,74,81)(H,86,87)(H,76,77,84)(H,89,90,91)/t57-,68?,69?,70?,71?/m0/s1. The molecule has 3 atom stereocenters. The lowest BCUT2D eigenvalue weighted by molar-refractivity contribution is -0.248. The van der Waals surface area contributed by atoms with Crippen LogP contribution in [-0.2, 0) is 61.4 Å². The fourth-order valence-electron chi connectivity index (χ4n) is 15.6. The topological polar surface area (TPSA) is 326 Å². The van der Waals surface area contributed by atoms with Gasteiger partial charge >= 0.3 is 12.1 Å². The van der Waals surface area contributed by atoms with E-state index >= 15 is 0 Å². The highest BCUT2D eigenvalue weighted by Crippen LogP contribution is 2.72. The largest absolute Gasteiger partial charge is 0.491 e. The van der Waals surface area contributed by atoms with Gasteiger partial charge in [0.25, 0.3) is 27.8 Å². The Morgan fingerprint density at radius 3 is 2.29 bits per heavy atom. The molecule has 4 fully saturated rings. The molecule has 518 valence electrons. The van der Waals surface area contributed by atoms with E-state index in [9.17, 15) is 51.6 Å². The van der Waals surface area contributed by atoms with E-state index in [-0.39, 0.29) is 93.5 Å². The molecule has 0 saturated heterocycles. The zero-order valence-electron chi connectivity index (χ0n) is 55.2. The Morgan fingerprint density at radius 2 is 1.55 bits per heavy atom. The number of carbonyl (C=O) groups excluding carboxylic acids is 6. The number of thiazole rings is 1. The second kappa shape index (κ2) is 30.0. The van der Waals surface area contributed by atoms with E-state index in [1.165, 1.54) is 23.5 Å². The Morgan fingerprint density at radius 1 is 0.796 bits per heavy atom. The Bertz CT molecular complexity index is 4240. The van der Waals surface area contributed by atoms with E-state index in [4.69, 9.17) is 33.8 Å². The van der Waals surface area contributed by atoms with Crippen molar-refractivity contribution in [3.8, 4) is 28.1 Å². The molecule has 4 bridgehead atoms. The van der Waals surface area contributed by atoms with Crippen molar-refractivity contribution < 1.29 is 75.3 Å². The predicted octanol–water partition coefficient (Wildman–Crippen LogP) is 9.42. The van der Waals surface area contributed by atoms with Crippen molar-refractivity contribution in [3.63, 3.8) is 0 Å². The summed E-state index contributed by atoms with van der Waals surface area (Å²) in [7, 11) is -3.06. The van der Waals surface area contributed by atoms with E-state index in [0.717, 1.165) is 70.3 Å². The molecule has 12 rings (SSSR count). The highest BCUT2D eigenvalue weighted by atomic mass is 32.2. The van der Waals surface area contributed by atoms with E-state index in [1.807, 2.05) is 72.3 Å². The second-order valence-electron chi connectivity index (χ2n) is 26.9. The van der Waals surface area contributed by atoms with Gasteiger partial charge in [0.1, 0.15) is 30.8 Å². The lowest BCUT2D eigenvalue weighted by Gasteiger charge is -2.69. The Kier molecular flexibility index (Phi) is 21.5. The summed E-state index contributed by atoms with van der Waals surface area (Å²) in [5, 5.41) is 25.5. The van der Waals surface area contributed by atoms with Gasteiger partial charge in [0, 0.05) is 86.4 Å². The summed E-state index contributed by atoms with van der Waals surface area (Å²) in [5.74, 6) is -4.23.